The van der Waals surface area contributed by atoms with E-state index in [4.69, 9.17) is 4.74 Å². The first-order valence-corrected chi connectivity index (χ1v) is 5.13. The maximum atomic E-state index is 11.3. The van der Waals surface area contributed by atoms with Gasteiger partial charge in [-0.3, -0.25) is 4.79 Å². The molecule has 76 valence electrons. The summed E-state index contributed by atoms with van der Waals surface area (Å²) in [5.41, 5.74) is 2.82. The van der Waals surface area contributed by atoms with Gasteiger partial charge in [0.1, 0.15) is 5.75 Å². The second kappa shape index (κ2) is 4.13. The van der Waals surface area contributed by atoms with Crippen LogP contribution < -0.4 is 4.74 Å². The van der Waals surface area contributed by atoms with E-state index >= 15 is 0 Å². The number of halogens is 1. The fourth-order valence-corrected chi connectivity index (χ4v) is 2.00. The number of Topliss-reactive ketones (excluding diaryl/α,β-unsaturated/α-hetero) is 1. The van der Waals surface area contributed by atoms with Crippen molar-refractivity contribution in [2.75, 3.05) is 7.11 Å². The van der Waals surface area contributed by atoms with Crippen LogP contribution in [0.3, 0.4) is 0 Å². The first-order chi connectivity index (χ1) is 6.49. The van der Waals surface area contributed by atoms with E-state index in [0.717, 1.165) is 15.6 Å². The minimum atomic E-state index is 0.0191. The summed E-state index contributed by atoms with van der Waals surface area (Å²) >= 11 is 3.43. The van der Waals surface area contributed by atoms with E-state index in [-0.39, 0.29) is 5.78 Å². The minimum Gasteiger partial charge on any atom is -0.495 e. The average molecular weight is 257 g/mol. The average Bonchev–Trinajstić information content (AvgIpc) is 2.13. The Bertz CT molecular complexity index is 383. The summed E-state index contributed by atoms with van der Waals surface area (Å²) < 4.78 is 6.07. The van der Waals surface area contributed by atoms with Gasteiger partial charge in [0, 0.05) is 0 Å². The van der Waals surface area contributed by atoms with Gasteiger partial charge >= 0.3 is 0 Å². The highest BCUT2D eigenvalue weighted by Gasteiger charge is 2.15. The summed E-state index contributed by atoms with van der Waals surface area (Å²) in [7, 11) is 1.57. The van der Waals surface area contributed by atoms with E-state index < -0.39 is 0 Å². The SMILES string of the molecule is COc1c(C(C)=O)cc(C)c(C)c1Br. The van der Waals surface area contributed by atoms with Crippen LogP contribution in [0.2, 0.25) is 0 Å². The Balaban J connectivity index is 3.51. The van der Waals surface area contributed by atoms with Crippen LogP contribution in [0.25, 0.3) is 0 Å². The number of ketones is 1. The quantitative estimate of drug-likeness (QED) is 0.760. The lowest BCUT2D eigenvalue weighted by Gasteiger charge is -2.12. The molecule has 1 rings (SSSR count). The molecule has 0 aliphatic rings. The van der Waals surface area contributed by atoms with E-state index in [1.807, 2.05) is 19.9 Å². The molecule has 0 amide bonds. The normalized spacial score (nSPS) is 10.1. The molecule has 0 aromatic heterocycles. The molecule has 14 heavy (non-hydrogen) atoms. The number of rotatable bonds is 2. The summed E-state index contributed by atoms with van der Waals surface area (Å²) in [5, 5.41) is 0. The van der Waals surface area contributed by atoms with E-state index in [2.05, 4.69) is 15.9 Å². The summed E-state index contributed by atoms with van der Waals surface area (Å²) in [4.78, 5) is 11.3. The van der Waals surface area contributed by atoms with Crippen LogP contribution in [0.15, 0.2) is 10.5 Å². The summed E-state index contributed by atoms with van der Waals surface area (Å²) in [6, 6.07) is 1.86. The highest BCUT2D eigenvalue weighted by molar-refractivity contribution is 9.10. The molecule has 0 saturated heterocycles. The van der Waals surface area contributed by atoms with E-state index in [9.17, 15) is 4.79 Å². The maximum absolute atomic E-state index is 11.3. The van der Waals surface area contributed by atoms with Crippen molar-refractivity contribution in [3.8, 4) is 5.75 Å². The van der Waals surface area contributed by atoms with E-state index in [0.29, 0.717) is 11.3 Å². The standard InChI is InChI=1S/C11H13BrO2/c1-6-5-9(8(3)13)11(14-4)10(12)7(6)2/h5H,1-4H3. The Morgan fingerprint density at radius 1 is 1.43 bits per heavy atom. The number of hydrogen-bond donors (Lipinski definition) is 0. The molecule has 0 fully saturated rings. The van der Waals surface area contributed by atoms with Crippen LogP contribution in [0, 0.1) is 13.8 Å². The predicted molar refractivity (Wildman–Crippen MR) is 60.2 cm³/mol. The molecule has 0 aliphatic heterocycles. The highest BCUT2D eigenvalue weighted by atomic mass is 79.9. The fraction of sp³-hybridized carbons (Fsp3) is 0.364. The number of carbonyl (C=O) groups excluding carboxylic acids is 1. The zero-order valence-corrected chi connectivity index (χ0v) is 10.4. The van der Waals surface area contributed by atoms with E-state index in [1.54, 1.807) is 14.0 Å². The molecular weight excluding hydrogens is 244 g/mol. The molecule has 0 atom stereocenters. The van der Waals surface area contributed by atoms with Crippen molar-refractivity contribution < 1.29 is 9.53 Å². The maximum Gasteiger partial charge on any atom is 0.163 e. The Hall–Kier alpha value is -0.830. The third-order valence-corrected chi connectivity index (χ3v) is 3.26. The molecule has 1 aromatic carbocycles. The molecule has 0 heterocycles. The van der Waals surface area contributed by atoms with Crippen molar-refractivity contribution in [2.24, 2.45) is 0 Å². The second-order valence-electron chi connectivity index (χ2n) is 3.27. The lowest BCUT2D eigenvalue weighted by Crippen LogP contribution is -2.01. The van der Waals surface area contributed by atoms with Crippen LogP contribution in [0.5, 0.6) is 5.75 Å². The number of carbonyl (C=O) groups is 1. The molecule has 0 spiro atoms. The smallest absolute Gasteiger partial charge is 0.163 e. The fourth-order valence-electron chi connectivity index (χ4n) is 1.31. The van der Waals surface area contributed by atoms with Crippen LogP contribution in [0.4, 0.5) is 0 Å². The first-order valence-electron chi connectivity index (χ1n) is 4.33. The Morgan fingerprint density at radius 2 is 2.00 bits per heavy atom. The van der Waals surface area contributed by atoms with Crippen LogP contribution in [-0.4, -0.2) is 12.9 Å². The van der Waals surface area contributed by atoms with Gasteiger partial charge < -0.3 is 4.74 Å². The Labute approximate surface area is 92.4 Å². The highest BCUT2D eigenvalue weighted by Crippen LogP contribution is 2.34. The second-order valence-corrected chi connectivity index (χ2v) is 4.06. The van der Waals surface area contributed by atoms with Crippen LogP contribution in [0.1, 0.15) is 28.4 Å². The number of benzene rings is 1. The predicted octanol–water partition coefficient (Wildman–Crippen LogP) is 3.28. The van der Waals surface area contributed by atoms with Gasteiger partial charge in [0.25, 0.3) is 0 Å². The Morgan fingerprint density at radius 3 is 2.43 bits per heavy atom. The molecule has 1 aromatic rings. The van der Waals surface area contributed by atoms with Crippen molar-refractivity contribution in [2.45, 2.75) is 20.8 Å². The number of ether oxygens (including phenoxy) is 1. The summed E-state index contributed by atoms with van der Waals surface area (Å²) in [6.07, 6.45) is 0. The van der Waals surface area contributed by atoms with Gasteiger partial charge in [0.05, 0.1) is 17.1 Å². The molecule has 2 nitrogen and oxygen atoms in total. The summed E-state index contributed by atoms with van der Waals surface area (Å²) in [5.74, 6) is 0.645. The third kappa shape index (κ3) is 1.82. The van der Waals surface area contributed by atoms with Gasteiger partial charge in [0.2, 0.25) is 0 Å². The number of aryl methyl sites for hydroxylation is 1. The topological polar surface area (TPSA) is 26.3 Å². The molecule has 0 radical (unpaired) electrons. The van der Waals surface area contributed by atoms with Crippen molar-refractivity contribution >= 4 is 21.7 Å². The first kappa shape index (κ1) is 11.2. The zero-order valence-electron chi connectivity index (χ0n) is 8.77. The Kier molecular flexibility index (Phi) is 3.32. The minimum absolute atomic E-state index is 0.0191. The molecular formula is C11H13BrO2. The van der Waals surface area contributed by atoms with Crippen molar-refractivity contribution in [3.63, 3.8) is 0 Å². The lowest BCUT2D eigenvalue weighted by atomic mass is 10.0. The van der Waals surface area contributed by atoms with Gasteiger partial charge in [-0.15, -0.1) is 0 Å². The van der Waals surface area contributed by atoms with Gasteiger partial charge in [-0.25, -0.2) is 0 Å². The lowest BCUT2D eigenvalue weighted by molar-refractivity contribution is 0.101. The molecule has 0 aliphatic carbocycles. The molecule has 3 heteroatoms. The monoisotopic (exact) mass is 256 g/mol. The van der Waals surface area contributed by atoms with Crippen LogP contribution >= 0.6 is 15.9 Å². The molecule has 0 unspecified atom stereocenters. The number of methoxy groups -OCH3 is 1. The van der Waals surface area contributed by atoms with Gasteiger partial charge in [-0.2, -0.15) is 0 Å². The molecule has 0 N–H and O–H groups in total. The van der Waals surface area contributed by atoms with Crippen molar-refractivity contribution in [3.05, 3.63) is 27.2 Å². The summed E-state index contributed by atoms with van der Waals surface area (Å²) in [6.45, 7) is 5.51. The number of hydrogen-bond acceptors (Lipinski definition) is 2. The zero-order chi connectivity index (χ0) is 10.9. The van der Waals surface area contributed by atoms with Gasteiger partial charge in [-0.05, 0) is 53.9 Å². The molecule has 0 bridgehead atoms. The molecule has 0 saturated carbocycles. The van der Waals surface area contributed by atoms with E-state index in [1.165, 1.54) is 0 Å². The van der Waals surface area contributed by atoms with Crippen LogP contribution in [-0.2, 0) is 0 Å². The largest absolute Gasteiger partial charge is 0.495 e. The van der Waals surface area contributed by atoms with Gasteiger partial charge in [-0.1, -0.05) is 0 Å². The van der Waals surface area contributed by atoms with Crippen molar-refractivity contribution in [1.82, 2.24) is 0 Å². The van der Waals surface area contributed by atoms with Gasteiger partial charge in [0.15, 0.2) is 5.78 Å². The van der Waals surface area contributed by atoms with Crippen molar-refractivity contribution in [1.29, 1.82) is 0 Å². The third-order valence-electron chi connectivity index (χ3n) is 2.31.